The fraction of sp³-hybridized carbons (Fsp3) is 0. The SMILES string of the molecule is NC(=O)c1c(F)c(F)c(-c2ccncc2)c(F)c1F. The maximum atomic E-state index is 13.7. The van der Waals surface area contributed by atoms with E-state index >= 15 is 0 Å². The van der Waals surface area contributed by atoms with Crippen molar-refractivity contribution in [3.63, 3.8) is 0 Å². The van der Waals surface area contributed by atoms with Crippen LogP contribution < -0.4 is 5.73 Å². The predicted molar refractivity (Wildman–Crippen MR) is 58.0 cm³/mol. The number of aromatic nitrogens is 1. The first kappa shape index (κ1) is 13.0. The van der Waals surface area contributed by atoms with Crippen LogP contribution in [0.4, 0.5) is 17.6 Å². The molecular formula is C12H6F4N2O. The molecule has 0 radical (unpaired) electrons. The molecular weight excluding hydrogens is 264 g/mol. The molecule has 98 valence electrons. The molecule has 19 heavy (non-hydrogen) atoms. The molecule has 7 heteroatoms. The molecule has 0 bridgehead atoms. The number of nitrogens with zero attached hydrogens (tertiary/aromatic N) is 1. The minimum atomic E-state index is -1.82. The highest BCUT2D eigenvalue weighted by Crippen LogP contribution is 2.31. The Morgan fingerprint density at radius 1 is 0.947 bits per heavy atom. The lowest BCUT2D eigenvalue weighted by Crippen LogP contribution is -2.18. The second kappa shape index (κ2) is 4.68. The number of nitrogens with two attached hydrogens (primary N) is 1. The molecule has 0 unspecified atom stereocenters. The van der Waals surface area contributed by atoms with Crippen LogP contribution in [0.3, 0.4) is 0 Å². The Balaban J connectivity index is 2.82. The molecule has 2 rings (SSSR count). The van der Waals surface area contributed by atoms with Crippen LogP contribution in [0.15, 0.2) is 24.5 Å². The van der Waals surface area contributed by atoms with Crippen molar-refractivity contribution in [1.29, 1.82) is 0 Å². The first-order chi connectivity index (χ1) is 8.95. The third-order valence-electron chi connectivity index (χ3n) is 2.48. The number of carbonyl (C=O) groups excluding carboxylic acids is 1. The van der Waals surface area contributed by atoms with Crippen molar-refractivity contribution in [1.82, 2.24) is 4.98 Å². The van der Waals surface area contributed by atoms with Gasteiger partial charge in [0.25, 0.3) is 5.91 Å². The van der Waals surface area contributed by atoms with Gasteiger partial charge in [-0.2, -0.15) is 0 Å². The van der Waals surface area contributed by atoms with Gasteiger partial charge in [0.15, 0.2) is 23.3 Å². The van der Waals surface area contributed by atoms with Gasteiger partial charge in [-0.15, -0.1) is 0 Å². The zero-order valence-corrected chi connectivity index (χ0v) is 9.25. The normalized spacial score (nSPS) is 10.5. The van der Waals surface area contributed by atoms with Crippen LogP contribution in [0, 0.1) is 23.3 Å². The molecule has 3 nitrogen and oxygen atoms in total. The van der Waals surface area contributed by atoms with Gasteiger partial charge < -0.3 is 5.73 Å². The lowest BCUT2D eigenvalue weighted by Gasteiger charge is -2.10. The lowest BCUT2D eigenvalue weighted by molar-refractivity contribution is 0.0990. The summed E-state index contributed by atoms with van der Waals surface area (Å²) in [6.45, 7) is 0. The van der Waals surface area contributed by atoms with E-state index in [-0.39, 0.29) is 5.56 Å². The highest BCUT2D eigenvalue weighted by Gasteiger charge is 2.28. The van der Waals surface area contributed by atoms with Gasteiger partial charge in [0.2, 0.25) is 0 Å². The second-order valence-electron chi connectivity index (χ2n) is 3.61. The van der Waals surface area contributed by atoms with E-state index in [0.717, 1.165) is 0 Å². The number of amides is 1. The largest absolute Gasteiger partial charge is 0.365 e. The first-order valence-corrected chi connectivity index (χ1v) is 5.01. The summed E-state index contributed by atoms with van der Waals surface area (Å²) in [5, 5.41) is 0. The third-order valence-corrected chi connectivity index (χ3v) is 2.48. The molecule has 0 aliphatic heterocycles. The summed E-state index contributed by atoms with van der Waals surface area (Å²) in [4.78, 5) is 14.4. The summed E-state index contributed by atoms with van der Waals surface area (Å²) in [5.74, 6) is -8.59. The van der Waals surface area contributed by atoms with Crippen LogP contribution in [-0.2, 0) is 0 Å². The molecule has 0 saturated carbocycles. The number of carbonyl (C=O) groups is 1. The lowest BCUT2D eigenvalue weighted by atomic mass is 10.0. The number of primary amides is 1. The molecule has 0 fully saturated rings. The van der Waals surface area contributed by atoms with Crippen molar-refractivity contribution in [2.75, 3.05) is 0 Å². The Morgan fingerprint density at radius 3 is 1.84 bits per heavy atom. The number of halogens is 4. The average Bonchev–Trinajstić information content (AvgIpc) is 2.38. The van der Waals surface area contributed by atoms with E-state index in [0.29, 0.717) is 0 Å². The molecule has 1 amide bonds. The summed E-state index contributed by atoms with van der Waals surface area (Å²) >= 11 is 0. The summed E-state index contributed by atoms with van der Waals surface area (Å²) in [7, 11) is 0. The second-order valence-corrected chi connectivity index (χ2v) is 3.61. The van der Waals surface area contributed by atoms with Crippen LogP contribution in [0.25, 0.3) is 11.1 Å². The minimum absolute atomic E-state index is 0.112. The molecule has 0 spiro atoms. The fourth-order valence-corrected chi connectivity index (χ4v) is 1.62. The molecule has 0 saturated heterocycles. The van der Waals surface area contributed by atoms with Gasteiger partial charge >= 0.3 is 0 Å². The maximum Gasteiger partial charge on any atom is 0.254 e. The van der Waals surface area contributed by atoms with E-state index in [1.54, 1.807) is 0 Å². The smallest absolute Gasteiger partial charge is 0.254 e. The Kier molecular flexibility index (Phi) is 3.20. The monoisotopic (exact) mass is 270 g/mol. The van der Waals surface area contributed by atoms with Crippen LogP contribution in [0.1, 0.15) is 10.4 Å². The fourth-order valence-electron chi connectivity index (χ4n) is 1.62. The molecule has 0 atom stereocenters. The zero-order chi connectivity index (χ0) is 14.2. The number of hydrogen-bond donors (Lipinski definition) is 1. The molecule has 0 aliphatic carbocycles. The standard InChI is InChI=1S/C12H6F4N2O/c13-8-6(5-1-3-18-4-2-5)9(14)11(16)7(10(8)15)12(17)19/h1-4H,(H2,17,19). The number of rotatable bonds is 2. The van der Waals surface area contributed by atoms with E-state index in [2.05, 4.69) is 10.7 Å². The van der Waals surface area contributed by atoms with E-state index < -0.39 is 40.3 Å². The van der Waals surface area contributed by atoms with Crippen molar-refractivity contribution < 1.29 is 22.4 Å². The topological polar surface area (TPSA) is 56.0 Å². The summed E-state index contributed by atoms with van der Waals surface area (Å²) in [5.41, 5.74) is 2.22. The third kappa shape index (κ3) is 2.03. The van der Waals surface area contributed by atoms with Crippen LogP contribution in [-0.4, -0.2) is 10.9 Å². The number of benzene rings is 1. The molecule has 0 aliphatic rings. The molecule has 2 N–H and O–H groups in total. The van der Waals surface area contributed by atoms with Gasteiger partial charge in [0.05, 0.1) is 5.56 Å². The molecule has 1 aromatic carbocycles. The van der Waals surface area contributed by atoms with Crippen molar-refractivity contribution in [3.8, 4) is 11.1 Å². The average molecular weight is 270 g/mol. The summed E-state index contributed by atoms with van der Waals surface area (Å²) in [6.07, 6.45) is 2.40. The maximum absolute atomic E-state index is 13.7. The van der Waals surface area contributed by atoms with Gasteiger partial charge in [-0.25, -0.2) is 17.6 Å². The Bertz CT molecular complexity index is 630. The van der Waals surface area contributed by atoms with Gasteiger partial charge in [-0.1, -0.05) is 0 Å². The minimum Gasteiger partial charge on any atom is -0.365 e. The van der Waals surface area contributed by atoms with E-state index in [4.69, 9.17) is 0 Å². The number of hydrogen-bond acceptors (Lipinski definition) is 2. The number of pyridine rings is 1. The van der Waals surface area contributed by atoms with E-state index in [9.17, 15) is 22.4 Å². The van der Waals surface area contributed by atoms with Crippen LogP contribution >= 0.6 is 0 Å². The Morgan fingerprint density at radius 2 is 1.42 bits per heavy atom. The van der Waals surface area contributed by atoms with Crippen molar-refractivity contribution in [2.45, 2.75) is 0 Å². The Labute approximate surface area is 104 Å². The summed E-state index contributed by atoms with van der Waals surface area (Å²) in [6, 6.07) is 2.34. The van der Waals surface area contributed by atoms with Crippen molar-refractivity contribution in [2.24, 2.45) is 5.73 Å². The van der Waals surface area contributed by atoms with Gasteiger partial charge in [-0.05, 0) is 17.7 Å². The highest BCUT2D eigenvalue weighted by molar-refractivity contribution is 5.94. The summed E-state index contributed by atoms with van der Waals surface area (Å²) < 4.78 is 54.6. The van der Waals surface area contributed by atoms with Crippen LogP contribution in [0.2, 0.25) is 0 Å². The van der Waals surface area contributed by atoms with E-state index in [1.165, 1.54) is 24.5 Å². The van der Waals surface area contributed by atoms with E-state index in [1.807, 2.05) is 0 Å². The highest BCUT2D eigenvalue weighted by atomic mass is 19.2. The van der Waals surface area contributed by atoms with Crippen molar-refractivity contribution >= 4 is 5.91 Å². The van der Waals surface area contributed by atoms with Crippen LogP contribution in [0.5, 0.6) is 0 Å². The quantitative estimate of drug-likeness (QED) is 0.673. The van der Waals surface area contributed by atoms with Gasteiger partial charge in [0.1, 0.15) is 5.56 Å². The first-order valence-electron chi connectivity index (χ1n) is 5.01. The van der Waals surface area contributed by atoms with Crippen molar-refractivity contribution in [3.05, 3.63) is 53.4 Å². The van der Waals surface area contributed by atoms with Gasteiger partial charge in [-0.3, -0.25) is 9.78 Å². The molecule has 1 aromatic heterocycles. The molecule has 2 aromatic rings. The Hall–Kier alpha value is -2.44. The molecule has 1 heterocycles. The van der Waals surface area contributed by atoms with Gasteiger partial charge in [0, 0.05) is 12.4 Å². The zero-order valence-electron chi connectivity index (χ0n) is 9.25. The predicted octanol–water partition coefficient (Wildman–Crippen LogP) is 2.40.